The average Bonchev–Trinajstić information content (AvgIpc) is 2.29. The van der Waals surface area contributed by atoms with Crippen LogP contribution >= 0.6 is 0 Å². The van der Waals surface area contributed by atoms with Crippen LogP contribution in [0, 0.1) is 10.6 Å². The Labute approximate surface area is 78.9 Å². The summed E-state index contributed by atoms with van der Waals surface area (Å²) < 4.78 is 0.950. The highest BCUT2D eigenvalue weighted by Crippen LogP contribution is 2.36. The van der Waals surface area contributed by atoms with Gasteiger partial charge in [0.1, 0.15) is 0 Å². The second-order valence-corrected chi connectivity index (χ2v) is 3.98. The first kappa shape index (κ1) is 8.54. The lowest BCUT2D eigenvalue weighted by atomic mass is 9.75. The summed E-state index contributed by atoms with van der Waals surface area (Å²) in [5, 5.41) is 11.3. The summed E-state index contributed by atoms with van der Waals surface area (Å²) in [5.41, 5.74) is 0.0590. The van der Waals surface area contributed by atoms with Gasteiger partial charge in [0.05, 0.1) is 5.41 Å². The first-order valence-electron chi connectivity index (χ1n) is 4.98. The molecular formula is C11H15NO. The molecule has 2 rings (SSSR count). The predicted molar refractivity (Wildman–Crippen MR) is 53.5 cm³/mol. The molecule has 0 atom stereocenters. The molecule has 1 saturated carbocycles. The molecule has 13 heavy (non-hydrogen) atoms. The molecule has 1 fully saturated rings. The van der Waals surface area contributed by atoms with Crippen LogP contribution in [0.1, 0.15) is 32.1 Å². The smallest absolute Gasteiger partial charge is 0.180 e. The van der Waals surface area contributed by atoms with Gasteiger partial charge in [-0.1, -0.05) is 31.4 Å². The van der Waals surface area contributed by atoms with Gasteiger partial charge in [0.15, 0.2) is 12.4 Å². The van der Waals surface area contributed by atoms with Crippen molar-refractivity contribution in [1.82, 2.24) is 0 Å². The van der Waals surface area contributed by atoms with Crippen LogP contribution in [0.5, 0.6) is 0 Å². The van der Waals surface area contributed by atoms with E-state index in [-0.39, 0.29) is 5.41 Å². The van der Waals surface area contributed by atoms with E-state index in [2.05, 4.69) is 6.08 Å². The van der Waals surface area contributed by atoms with E-state index >= 15 is 0 Å². The second-order valence-electron chi connectivity index (χ2n) is 3.98. The molecule has 2 aliphatic rings. The number of hydrogen-bond donors (Lipinski definition) is 0. The monoisotopic (exact) mass is 177 g/mol. The average molecular weight is 177 g/mol. The summed E-state index contributed by atoms with van der Waals surface area (Å²) in [6.07, 6.45) is 15.5. The summed E-state index contributed by atoms with van der Waals surface area (Å²) in [4.78, 5) is 0. The molecule has 1 spiro atoms. The summed E-state index contributed by atoms with van der Waals surface area (Å²) in [6.45, 7) is 0. The van der Waals surface area contributed by atoms with Gasteiger partial charge in [-0.3, -0.25) is 0 Å². The van der Waals surface area contributed by atoms with Crippen molar-refractivity contribution >= 4 is 6.21 Å². The lowest BCUT2D eigenvalue weighted by Gasteiger charge is -2.28. The first-order valence-corrected chi connectivity index (χ1v) is 4.98. The van der Waals surface area contributed by atoms with E-state index < -0.39 is 0 Å². The van der Waals surface area contributed by atoms with E-state index in [4.69, 9.17) is 0 Å². The molecule has 0 aromatic heterocycles. The lowest BCUT2D eigenvalue weighted by Crippen LogP contribution is -2.25. The Hall–Kier alpha value is -1.05. The molecule has 70 valence electrons. The number of rotatable bonds is 0. The number of allylic oxidation sites excluding steroid dienone is 3. The number of nitrogens with zero attached hydrogens (tertiary/aromatic N) is 1. The molecule has 0 N–H and O–H groups in total. The quantitative estimate of drug-likeness (QED) is 0.412. The Kier molecular flexibility index (Phi) is 2.21. The summed E-state index contributed by atoms with van der Waals surface area (Å²) in [7, 11) is 0. The summed E-state index contributed by atoms with van der Waals surface area (Å²) >= 11 is 0. The molecule has 2 heteroatoms. The highest BCUT2D eigenvalue weighted by atomic mass is 16.5. The minimum absolute atomic E-state index is 0.0590. The topological polar surface area (TPSA) is 26.1 Å². The number of hydrogen-bond acceptors (Lipinski definition) is 1. The van der Waals surface area contributed by atoms with Crippen molar-refractivity contribution in [2.45, 2.75) is 32.1 Å². The molecule has 0 amide bonds. The van der Waals surface area contributed by atoms with Crippen LogP contribution < -0.4 is 0 Å². The van der Waals surface area contributed by atoms with E-state index in [1.54, 1.807) is 6.20 Å². The van der Waals surface area contributed by atoms with E-state index in [1.807, 2.05) is 18.4 Å². The molecule has 2 nitrogen and oxygen atoms in total. The molecule has 0 bridgehead atoms. The second kappa shape index (κ2) is 3.36. The van der Waals surface area contributed by atoms with E-state index in [0.717, 1.165) is 17.6 Å². The fourth-order valence-corrected chi connectivity index (χ4v) is 2.23. The SMILES string of the molecule is [O-][N+]1=CC2(C=CC=C1)CCCCC2. The Balaban J connectivity index is 2.25. The third kappa shape index (κ3) is 1.82. The molecule has 0 aromatic rings. The Morgan fingerprint density at radius 2 is 1.85 bits per heavy atom. The fraction of sp³-hybridized carbons (Fsp3) is 0.545. The minimum Gasteiger partial charge on any atom is -0.619 e. The van der Waals surface area contributed by atoms with Gasteiger partial charge in [0, 0.05) is 6.08 Å². The molecule has 1 heterocycles. The predicted octanol–water partition coefficient (Wildman–Crippen LogP) is 2.60. The van der Waals surface area contributed by atoms with Crippen LogP contribution in [0.4, 0.5) is 0 Å². The third-order valence-corrected chi connectivity index (χ3v) is 2.94. The molecular weight excluding hydrogens is 162 g/mol. The zero-order valence-corrected chi connectivity index (χ0v) is 7.78. The van der Waals surface area contributed by atoms with Crippen LogP contribution in [0.2, 0.25) is 0 Å². The van der Waals surface area contributed by atoms with Crippen molar-refractivity contribution in [2.75, 3.05) is 0 Å². The van der Waals surface area contributed by atoms with Crippen LogP contribution in [0.25, 0.3) is 0 Å². The van der Waals surface area contributed by atoms with Crippen LogP contribution in [-0.4, -0.2) is 11.0 Å². The van der Waals surface area contributed by atoms with E-state index in [0.29, 0.717) is 0 Å². The van der Waals surface area contributed by atoms with Gasteiger partial charge in [0.2, 0.25) is 0 Å². The Bertz CT molecular complexity index is 270. The highest BCUT2D eigenvalue weighted by Gasteiger charge is 2.31. The van der Waals surface area contributed by atoms with Crippen LogP contribution in [0.3, 0.4) is 0 Å². The normalized spacial score (nSPS) is 25.7. The van der Waals surface area contributed by atoms with Gasteiger partial charge in [-0.05, 0) is 12.8 Å². The van der Waals surface area contributed by atoms with Gasteiger partial charge >= 0.3 is 0 Å². The van der Waals surface area contributed by atoms with Crippen molar-refractivity contribution in [3.05, 3.63) is 29.6 Å². The Morgan fingerprint density at radius 1 is 1.08 bits per heavy atom. The first-order chi connectivity index (χ1) is 6.31. The van der Waals surface area contributed by atoms with Gasteiger partial charge in [-0.15, -0.1) is 0 Å². The van der Waals surface area contributed by atoms with Crippen molar-refractivity contribution < 1.29 is 4.74 Å². The van der Waals surface area contributed by atoms with Gasteiger partial charge in [-0.25, -0.2) is 0 Å². The van der Waals surface area contributed by atoms with Crippen LogP contribution in [-0.2, 0) is 0 Å². The maximum atomic E-state index is 11.3. The third-order valence-electron chi connectivity index (χ3n) is 2.94. The van der Waals surface area contributed by atoms with Gasteiger partial charge in [-0.2, -0.15) is 4.74 Å². The summed E-state index contributed by atoms with van der Waals surface area (Å²) in [6, 6.07) is 0. The summed E-state index contributed by atoms with van der Waals surface area (Å²) in [5.74, 6) is 0. The lowest BCUT2D eigenvalue weighted by molar-refractivity contribution is -0.377. The van der Waals surface area contributed by atoms with E-state index in [1.165, 1.54) is 19.3 Å². The van der Waals surface area contributed by atoms with Crippen molar-refractivity contribution in [3.63, 3.8) is 0 Å². The fourth-order valence-electron chi connectivity index (χ4n) is 2.23. The van der Waals surface area contributed by atoms with Crippen LogP contribution in [0.15, 0.2) is 24.4 Å². The minimum atomic E-state index is 0.0590. The standard InChI is InChI=1S/C11H15NO/c13-12-9-5-4-8-11(10-12)6-2-1-3-7-11/h4-5,8-10H,1-3,6-7H2. The zero-order chi connectivity index (χ0) is 9.15. The molecule has 1 aliphatic heterocycles. The Morgan fingerprint density at radius 3 is 2.62 bits per heavy atom. The van der Waals surface area contributed by atoms with Gasteiger partial charge in [0.25, 0.3) is 0 Å². The maximum absolute atomic E-state index is 11.3. The van der Waals surface area contributed by atoms with Gasteiger partial charge < -0.3 is 5.21 Å². The molecule has 1 aliphatic carbocycles. The highest BCUT2D eigenvalue weighted by molar-refractivity contribution is 5.65. The maximum Gasteiger partial charge on any atom is 0.180 e. The molecule has 0 aromatic carbocycles. The van der Waals surface area contributed by atoms with Crippen molar-refractivity contribution in [1.29, 1.82) is 0 Å². The molecule has 0 radical (unpaired) electrons. The largest absolute Gasteiger partial charge is 0.619 e. The van der Waals surface area contributed by atoms with Crippen molar-refractivity contribution in [2.24, 2.45) is 5.41 Å². The van der Waals surface area contributed by atoms with Crippen molar-refractivity contribution in [3.8, 4) is 0 Å². The molecule has 0 saturated heterocycles. The molecule has 0 unspecified atom stereocenters. The van der Waals surface area contributed by atoms with E-state index in [9.17, 15) is 5.21 Å². The number of hydroxylamine groups is 1. The zero-order valence-electron chi connectivity index (χ0n) is 7.78.